The zero-order chi connectivity index (χ0) is 16.3. The highest BCUT2D eigenvalue weighted by Crippen LogP contribution is 2.33. The molecule has 0 fully saturated rings. The monoisotopic (exact) mass is 319 g/mol. The molecule has 0 bridgehead atoms. The Balaban J connectivity index is 2.29. The number of ether oxygens (including phenoxy) is 1. The number of rotatable bonds is 5. The lowest BCUT2D eigenvalue weighted by Gasteiger charge is -2.06. The molecule has 2 rings (SSSR count). The molecule has 0 radical (unpaired) electrons. The maximum atomic E-state index is 12.3. The van der Waals surface area contributed by atoms with E-state index >= 15 is 0 Å². The van der Waals surface area contributed by atoms with Crippen LogP contribution in [0.25, 0.3) is 0 Å². The van der Waals surface area contributed by atoms with Crippen molar-refractivity contribution < 1.29 is 19.4 Å². The van der Waals surface area contributed by atoms with Gasteiger partial charge in [0.1, 0.15) is 10.8 Å². The molecule has 1 aromatic carbocycles. The van der Waals surface area contributed by atoms with E-state index in [1.165, 1.54) is 11.3 Å². The van der Waals surface area contributed by atoms with Gasteiger partial charge in [-0.15, -0.1) is 11.3 Å². The molecule has 2 N–H and O–H groups in total. The van der Waals surface area contributed by atoms with Crippen LogP contribution in [0.2, 0.25) is 0 Å². The normalized spacial score (nSPS) is 10.3. The molecule has 0 aliphatic carbocycles. The van der Waals surface area contributed by atoms with Crippen molar-refractivity contribution >= 4 is 28.2 Å². The van der Waals surface area contributed by atoms with Crippen molar-refractivity contribution in [3.05, 3.63) is 45.8 Å². The summed E-state index contributed by atoms with van der Waals surface area (Å²) in [7, 11) is 1.55. The number of thiophene rings is 1. The quantitative estimate of drug-likeness (QED) is 0.883. The fourth-order valence-corrected chi connectivity index (χ4v) is 3.37. The molecule has 0 unspecified atom stereocenters. The van der Waals surface area contributed by atoms with Crippen molar-refractivity contribution in [1.82, 2.24) is 0 Å². The third-order valence-electron chi connectivity index (χ3n) is 3.36. The topological polar surface area (TPSA) is 75.6 Å². The molecule has 0 spiro atoms. The lowest BCUT2D eigenvalue weighted by Crippen LogP contribution is -2.13. The van der Waals surface area contributed by atoms with Crippen LogP contribution in [0.4, 0.5) is 5.00 Å². The lowest BCUT2D eigenvalue weighted by atomic mass is 10.1. The smallest absolute Gasteiger partial charge is 0.339 e. The largest absolute Gasteiger partial charge is 0.497 e. The predicted octanol–water partition coefficient (Wildman–Crippen LogP) is 3.58. The molecule has 1 aromatic heterocycles. The molecule has 0 aliphatic heterocycles. The minimum absolute atomic E-state index is 0.187. The van der Waals surface area contributed by atoms with E-state index in [0.717, 1.165) is 10.4 Å². The van der Waals surface area contributed by atoms with Gasteiger partial charge in [-0.1, -0.05) is 6.92 Å². The van der Waals surface area contributed by atoms with Crippen LogP contribution in [-0.4, -0.2) is 24.1 Å². The number of benzene rings is 1. The van der Waals surface area contributed by atoms with Crippen molar-refractivity contribution in [2.75, 3.05) is 12.4 Å². The van der Waals surface area contributed by atoms with Gasteiger partial charge in [0.05, 0.1) is 12.7 Å². The second-order valence-corrected chi connectivity index (χ2v) is 5.91. The lowest BCUT2D eigenvalue weighted by molar-refractivity contribution is 0.0697. The van der Waals surface area contributed by atoms with Crippen LogP contribution in [0, 0.1) is 6.92 Å². The number of carbonyl (C=O) groups excluding carboxylic acids is 1. The van der Waals surface area contributed by atoms with Crippen LogP contribution in [0.5, 0.6) is 5.75 Å². The fourth-order valence-electron chi connectivity index (χ4n) is 2.24. The maximum absolute atomic E-state index is 12.3. The highest BCUT2D eigenvalue weighted by Gasteiger charge is 2.22. The van der Waals surface area contributed by atoms with E-state index in [0.29, 0.717) is 22.7 Å². The molecule has 0 saturated carbocycles. The van der Waals surface area contributed by atoms with Gasteiger partial charge >= 0.3 is 5.97 Å². The maximum Gasteiger partial charge on any atom is 0.339 e. The second-order valence-electron chi connectivity index (χ2n) is 4.68. The predicted molar refractivity (Wildman–Crippen MR) is 86.3 cm³/mol. The second kappa shape index (κ2) is 6.62. The molecule has 1 heterocycles. The number of anilines is 1. The minimum Gasteiger partial charge on any atom is -0.497 e. The number of aryl methyl sites for hydroxylation is 1. The number of carboxylic acids is 1. The van der Waals surface area contributed by atoms with Crippen LogP contribution in [0.3, 0.4) is 0 Å². The molecule has 0 saturated heterocycles. The molecule has 5 nitrogen and oxygen atoms in total. The van der Waals surface area contributed by atoms with E-state index in [9.17, 15) is 14.7 Å². The average molecular weight is 319 g/mol. The first-order valence-electron chi connectivity index (χ1n) is 6.78. The molecule has 116 valence electrons. The van der Waals surface area contributed by atoms with Crippen molar-refractivity contribution in [3.63, 3.8) is 0 Å². The fraction of sp³-hybridized carbons (Fsp3) is 0.250. The van der Waals surface area contributed by atoms with Gasteiger partial charge in [0.2, 0.25) is 0 Å². The summed E-state index contributed by atoms with van der Waals surface area (Å²) < 4.78 is 5.04. The van der Waals surface area contributed by atoms with E-state index in [-0.39, 0.29) is 11.5 Å². The Bertz CT molecular complexity index is 704. The van der Waals surface area contributed by atoms with E-state index in [4.69, 9.17) is 4.74 Å². The third-order valence-corrected chi connectivity index (χ3v) is 4.42. The summed E-state index contributed by atoms with van der Waals surface area (Å²) in [6.07, 6.45) is 0.613. The zero-order valence-corrected chi connectivity index (χ0v) is 13.4. The number of amides is 1. The van der Waals surface area contributed by atoms with E-state index in [1.807, 2.05) is 13.8 Å². The van der Waals surface area contributed by atoms with E-state index in [1.54, 1.807) is 31.4 Å². The molecular formula is C16H17NO4S. The summed E-state index contributed by atoms with van der Waals surface area (Å²) in [5, 5.41) is 12.5. The van der Waals surface area contributed by atoms with Gasteiger partial charge in [-0.3, -0.25) is 4.79 Å². The zero-order valence-electron chi connectivity index (χ0n) is 12.6. The molecule has 22 heavy (non-hydrogen) atoms. The molecule has 0 aliphatic rings. The van der Waals surface area contributed by atoms with Crippen molar-refractivity contribution in [2.45, 2.75) is 20.3 Å². The van der Waals surface area contributed by atoms with Crippen molar-refractivity contribution in [2.24, 2.45) is 0 Å². The van der Waals surface area contributed by atoms with Gasteiger partial charge in [-0.05, 0) is 43.2 Å². The summed E-state index contributed by atoms with van der Waals surface area (Å²) in [5.74, 6) is -0.705. The Morgan fingerprint density at radius 2 is 1.91 bits per heavy atom. The Kier molecular flexibility index (Phi) is 4.82. The first kappa shape index (κ1) is 16.0. The average Bonchev–Trinajstić information content (AvgIpc) is 2.82. The van der Waals surface area contributed by atoms with Gasteiger partial charge in [0.15, 0.2) is 0 Å². The highest BCUT2D eigenvalue weighted by molar-refractivity contribution is 7.16. The summed E-state index contributed by atoms with van der Waals surface area (Å²) in [5.41, 5.74) is 1.40. The van der Waals surface area contributed by atoms with Gasteiger partial charge < -0.3 is 15.2 Å². The SMILES string of the molecule is CCc1c(C)sc(NC(=O)c2ccc(OC)cc2)c1C(=O)O. The molecule has 2 aromatic rings. The molecule has 1 amide bonds. The first-order valence-corrected chi connectivity index (χ1v) is 7.60. The molecule has 0 atom stereocenters. The summed E-state index contributed by atoms with van der Waals surface area (Å²) in [4.78, 5) is 24.6. The Labute approximate surface area is 132 Å². The number of hydrogen-bond donors (Lipinski definition) is 2. The van der Waals surface area contributed by atoms with Crippen LogP contribution < -0.4 is 10.1 Å². The van der Waals surface area contributed by atoms with Crippen LogP contribution in [0.15, 0.2) is 24.3 Å². The van der Waals surface area contributed by atoms with Crippen molar-refractivity contribution in [1.29, 1.82) is 0 Å². The number of carboxylic acid groups (broad SMARTS) is 1. The number of hydrogen-bond acceptors (Lipinski definition) is 4. The highest BCUT2D eigenvalue weighted by atomic mass is 32.1. The van der Waals surface area contributed by atoms with E-state index in [2.05, 4.69) is 5.32 Å². The van der Waals surface area contributed by atoms with Gasteiger partial charge in [-0.2, -0.15) is 0 Å². The summed E-state index contributed by atoms with van der Waals surface area (Å²) in [6.45, 7) is 3.76. The van der Waals surface area contributed by atoms with Crippen LogP contribution >= 0.6 is 11.3 Å². The first-order chi connectivity index (χ1) is 10.5. The standard InChI is InChI=1S/C16H17NO4S/c1-4-12-9(2)22-15(13(12)16(19)20)17-14(18)10-5-7-11(21-3)8-6-10/h5-8H,4H2,1-3H3,(H,17,18)(H,19,20). The van der Waals surface area contributed by atoms with Crippen LogP contribution in [0.1, 0.15) is 38.1 Å². The Morgan fingerprint density at radius 3 is 2.41 bits per heavy atom. The van der Waals surface area contributed by atoms with E-state index < -0.39 is 5.97 Å². The summed E-state index contributed by atoms with van der Waals surface area (Å²) in [6, 6.07) is 6.64. The number of methoxy groups -OCH3 is 1. The van der Waals surface area contributed by atoms with Gasteiger partial charge in [0, 0.05) is 10.4 Å². The third kappa shape index (κ3) is 3.12. The molecular weight excluding hydrogens is 302 g/mol. The minimum atomic E-state index is -1.02. The summed E-state index contributed by atoms with van der Waals surface area (Å²) >= 11 is 1.29. The number of nitrogens with one attached hydrogen (secondary N) is 1. The number of aromatic carboxylic acids is 1. The number of carbonyl (C=O) groups is 2. The van der Waals surface area contributed by atoms with Gasteiger partial charge in [0.25, 0.3) is 5.91 Å². The van der Waals surface area contributed by atoms with Gasteiger partial charge in [-0.25, -0.2) is 4.79 Å². The Hall–Kier alpha value is -2.34. The molecule has 6 heteroatoms. The van der Waals surface area contributed by atoms with Crippen LogP contribution in [-0.2, 0) is 6.42 Å². The van der Waals surface area contributed by atoms with Crippen molar-refractivity contribution in [3.8, 4) is 5.75 Å². The Morgan fingerprint density at radius 1 is 1.27 bits per heavy atom.